The molecule has 0 radical (unpaired) electrons. The van der Waals surface area contributed by atoms with E-state index in [1.165, 1.54) is 0 Å². The van der Waals surface area contributed by atoms with E-state index < -0.39 is 0 Å². The molecule has 2 atom stereocenters. The van der Waals surface area contributed by atoms with Crippen LogP contribution in [0.5, 0.6) is 5.88 Å². The van der Waals surface area contributed by atoms with Gasteiger partial charge in [0.25, 0.3) is 0 Å². The third-order valence-corrected chi connectivity index (χ3v) is 5.09. The fourth-order valence-electron chi connectivity index (χ4n) is 2.65. The Labute approximate surface area is 142 Å². The molecule has 1 fully saturated rings. The molecule has 0 amide bonds. The quantitative estimate of drug-likeness (QED) is 0.564. The van der Waals surface area contributed by atoms with Gasteiger partial charge in [-0.25, -0.2) is 9.98 Å². The number of halogens is 1. The largest absolute Gasteiger partial charge is 0.474 e. The molecule has 2 rings (SSSR count). The van der Waals surface area contributed by atoms with E-state index in [1.807, 2.05) is 31.3 Å². The first-order chi connectivity index (χ1) is 10.4. The van der Waals surface area contributed by atoms with Crippen LogP contribution in [0.3, 0.4) is 0 Å². The molecule has 122 valence electrons. The van der Waals surface area contributed by atoms with E-state index in [9.17, 15) is 0 Å². The average molecular weight is 368 g/mol. The van der Waals surface area contributed by atoms with Crippen molar-refractivity contribution < 1.29 is 4.74 Å². The smallest absolute Gasteiger partial charge is 0.228 e. The highest BCUT2D eigenvalue weighted by molar-refractivity contribution is 9.10. The van der Waals surface area contributed by atoms with Crippen molar-refractivity contribution >= 4 is 28.0 Å². The average Bonchev–Trinajstić information content (AvgIpc) is 2.79. The van der Waals surface area contributed by atoms with Gasteiger partial charge in [0.2, 0.25) is 5.88 Å². The Morgan fingerprint density at radius 3 is 2.64 bits per heavy atom. The van der Waals surface area contributed by atoms with Gasteiger partial charge < -0.3 is 9.64 Å². The second-order valence-corrected chi connectivity index (χ2v) is 7.22. The van der Waals surface area contributed by atoms with E-state index in [-0.39, 0.29) is 6.10 Å². The molecule has 5 heteroatoms. The molecule has 0 N–H and O–H groups in total. The summed E-state index contributed by atoms with van der Waals surface area (Å²) in [5, 5.41) is 0. The minimum absolute atomic E-state index is 0.272. The Morgan fingerprint density at radius 1 is 1.41 bits per heavy atom. The summed E-state index contributed by atoms with van der Waals surface area (Å²) in [6, 6.07) is 1.99. The zero-order chi connectivity index (χ0) is 16.3. The van der Waals surface area contributed by atoms with Gasteiger partial charge >= 0.3 is 0 Å². The first-order valence-corrected chi connectivity index (χ1v) is 8.78. The SMILES string of the molecule is CCN(C)C=Nc1cc(Br)c(OC2CC(C)C(C)C2)nc1C. The lowest BCUT2D eigenvalue weighted by Gasteiger charge is -2.15. The van der Waals surface area contributed by atoms with Crippen LogP contribution in [-0.2, 0) is 0 Å². The first-order valence-electron chi connectivity index (χ1n) is 7.98. The maximum Gasteiger partial charge on any atom is 0.228 e. The Morgan fingerprint density at radius 2 is 2.05 bits per heavy atom. The van der Waals surface area contributed by atoms with Crippen molar-refractivity contribution in [2.45, 2.75) is 46.6 Å². The highest BCUT2D eigenvalue weighted by Gasteiger charge is 2.30. The highest BCUT2D eigenvalue weighted by Crippen LogP contribution is 2.36. The summed E-state index contributed by atoms with van der Waals surface area (Å²) in [7, 11) is 2.00. The van der Waals surface area contributed by atoms with E-state index in [2.05, 4.69) is 46.7 Å². The van der Waals surface area contributed by atoms with Crippen LogP contribution >= 0.6 is 15.9 Å². The monoisotopic (exact) mass is 367 g/mol. The molecule has 1 heterocycles. The van der Waals surface area contributed by atoms with Crippen LogP contribution in [0.15, 0.2) is 15.5 Å². The summed E-state index contributed by atoms with van der Waals surface area (Å²) in [5.41, 5.74) is 1.76. The standard InChI is InChI=1S/C17H26BrN3O/c1-6-21(5)10-19-16-9-15(18)17(20-13(16)4)22-14-7-11(2)12(3)8-14/h9-12,14H,6-8H2,1-5H3. The second-order valence-electron chi connectivity index (χ2n) is 6.36. The van der Waals surface area contributed by atoms with Crippen molar-refractivity contribution in [2.75, 3.05) is 13.6 Å². The van der Waals surface area contributed by atoms with Gasteiger partial charge in [-0.2, -0.15) is 0 Å². The van der Waals surface area contributed by atoms with Crippen molar-refractivity contribution in [3.05, 3.63) is 16.2 Å². The van der Waals surface area contributed by atoms with E-state index in [1.54, 1.807) is 0 Å². The minimum atomic E-state index is 0.272. The molecule has 1 aliphatic carbocycles. The zero-order valence-electron chi connectivity index (χ0n) is 14.1. The molecule has 0 aliphatic heterocycles. The van der Waals surface area contributed by atoms with Crippen molar-refractivity contribution in [3.63, 3.8) is 0 Å². The summed E-state index contributed by atoms with van der Waals surface area (Å²) in [4.78, 5) is 11.1. The summed E-state index contributed by atoms with van der Waals surface area (Å²) in [6.07, 6.45) is 4.32. The van der Waals surface area contributed by atoms with E-state index in [0.29, 0.717) is 5.88 Å². The van der Waals surface area contributed by atoms with Crippen LogP contribution in [0.2, 0.25) is 0 Å². The van der Waals surface area contributed by atoms with Crippen molar-refractivity contribution in [1.29, 1.82) is 0 Å². The van der Waals surface area contributed by atoms with E-state index >= 15 is 0 Å². The molecule has 4 nitrogen and oxygen atoms in total. The summed E-state index contributed by atoms with van der Waals surface area (Å²) in [5.74, 6) is 2.13. The van der Waals surface area contributed by atoms with Gasteiger partial charge in [0.1, 0.15) is 6.10 Å². The van der Waals surface area contributed by atoms with Gasteiger partial charge in [0, 0.05) is 13.6 Å². The molecular formula is C17H26BrN3O. The van der Waals surface area contributed by atoms with Gasteiger partial charge in [-0.1, -0.05) is 13.8 Å². The predicted octanol–water partition coefficient (Wildman–Crippen LogP) is 4.58. The molecule has 22 heavy (non-hydrogen) atoms. The number of nitrogens with zero attached hydrogens (tertiary/aromatic N) is 3. The molecular weight excluding hydrogens is 342 g/mol. The van der Waals surface area contributed by atoms with Crippen molar-refractivity contribution in [2.24, 2.45) is 16.8 Å². The van der Waals surface area contributed by atoms with Gasteiger partial charge in [0.15, 0.2) is 0 Å². The number of aliphatic imine (C=N–C) groups is 1. The summed E-state index contributed by atoms with van der Waals surface area (Å²) >= 11 is 3.57. The molecule has 0 bridgehead atoms. The lowest BCUT2D eigenvalue weighted by Crippen LogP contribution is -2.14. The maximum atomic E-state index is 6.11. The minimum Gasteiger partial charge on any atom is -0.474 e. The summed E-state index contributed by atoms with van der Waals surface area (Å²) < 4.78 is 6.98. The molecule has 1 aliphatic rings. The first kappa shape index (κ1) is 17.3. The van der Waals surface area contributed by atoms with Crippen LogP contribution in [0.4, 0.5) is 5.69 Å². The molecule has 2 unspecified atom stereocenters. The van der Waals surface area contributed by atoms with E-state index in [4.69, 9.17) is 4.74 Å². The Balaban J connectivity index is 2.11. The lowest BCUT2D eigenvalue weighted by atomic mass is 10.0. The van der Waals surface area contributed by atoms with Crippen molar-refractivity contribution in [1.82, 2.24) is 9.88 Å². The normalized spacial score (nSPS) is 24.9. The molecule has 1 aromatic heterocycles. The number of aryl methyl sites for hydroxylation is 1. The van der Waals surface area contributed by atoms with Gasteiger partial charge in [0.05, 0.1) is 22.2 Å². The van der Waals surface area contributed by atoms with Crippen molar-refractivity contribution in [3.8, 4) is 5.88 Å². The van der Waals surface area contributed by atoms with Gasteiger partial charge in [-0.3, -0.25) is 0 Å². The Kier molecular flexibility index (Phi) is 5.84. The highest BCUT2D eigenvalue weighted by atomic mass is 79.9. The van der Waals surface area contributed by atoms with E-state index in [0.717, 1.165) is 47.1 Å². The van der Waals surface area contributed by atoms with Crippen LogP contribution in [0, 0.1) is 18.8 Å². The topological polar surface area (TPSA) is 37.7 Å². The van der Waals surface area contributed by atoms with Gasteiger partial charge in [-0.05, 0) is 60.5 Å². The Hall–Kier alpha value is -1.10. The van der Waals surface area contributed by atoms with Gasteiger partial charge in [-0.15, -0.1) is 0 Å². The fourth-order valence-corrected chi connectivity index (χ4v) is 3.05. The number of hydrogen-bond donors (Lipinski definition) is 0. The van der Waals surface area contributed by atoms with Crippen LogP contribution in [0.25, 0.3) is 0 Å². The predicted molar refractivity (Wildman–Crippen MR) is 95.1 cm³/mol. The number of aromatic nitrogens is 1. The number of hydrogen-bond acceptors (Lipinski definition) is 3. The molecule has 0 spiro atoms. The van der Waals surface area contributed by atoms with Crippen LogP contribution in [0.1, 0.15) is 39.3 Å². The third kappa shape index (κ3) is 4.22. The van der Waals surface area contributed by atoms with Crippen LogP contribution < -0.4 is 4.74 Å². The number of pyridine rings is 1. The molecule has 1 aromatic rings. The Bertz CT molecular complexity index is 537. The lowest BCUT2D eigenvalue weighted by molar-refractivity contribution is 0.193. The molecule has 1 saturated carbocycles. The second kappa shape index (κ2) is 7.44. The number of rotatable bonds is 5. The maximum absolute atomic E-state index is 6.11. The zero-order valence-corrected chi connectivity index (χ0v) is 15.7. The molecule has 0 saturated heterocycles. The third-order valence-electron chi connectivity index (χ3n) is 4.52. The fraction of sp³-hybridized carbons (Fsp3) is 0.647. The summed E-state index contributed by atoms with van der Waals surface area (Å²) in [6.45, 7) is 9.58. The number of ether oxygens (including phenoxy) is 1. The molecule has 0 aromatic carbocycles. The van der Waals surface area contributed by atoms with Crippen LogP contribution in [-0.4, -0.2) is 35.9 Å².